The molecular weight excluding hydrogens is 325 g/mol. The van der Waals surface area contributed by atoms with Crippen molar-refractivity contribution in [3.63, 3.8) is 0 Å². The van der Waals surface area contributed by atoms with Crippen LogP contribution in [0.3, 0.4) is 0 Å². The van der Waals surface area contributed by atoms with Gasteiger partial charge < -0.3 is 19.5 Å². The Kier molecular flexibility index (Phi) is 5.16. The van der Waals surface area contributed by atoms with Crippen LogP contribution in [0.5, 0.6) is 5.75 Å². The van der Waals surface area contributed by atoms with Gasteiger partial charge in [-0.3, -0.25) is 0 Å². The number of benzene rings is 1. The van der Waals surface area contributed by atoms with Crippen LogP contribution >= 0.6 is 0 Å². The first-order chi connectivity index (χ1) is 12.1. The second-order valence-electron chi connectivity index (χ2n) is 6.04. The van der Waals surface area contributed by atoms with E-state index in [1.807, 2.05) is 11.5 Å². The summed E-state index contributed by atoms with van der Waals surface area (Å²) in [5, 5.41) is 10.9. The van der Waals surface area contributed by atoms with E-state index in [-0.39, 0.29) is 17.7 Å². The van der Waals surface area contributed by atoms with E-state index in [1.54, 1.807) is 17.3 Å². The minimum atomic E-state index is -0.507. The average molecular weight is 347 g/mol. The molecule has 0 spiro atoms. The highest BCUT2D eigenvalue weighted by molar-refractivity contribution is 5.89. The van der Waals surface area contributed by atoms with Crippen LogP contribution in [0.4, 0.5) is 14.9 Å². The minimum Gasteiger partial charge on any atom is -0.494 e. The number of aromatic nitrogens is 3. The number of nitrogens with zero attached hydrogens (tertiary/aromatic N) is 4. The number of likely N-dealkylation sites (tertiary alicyclic amines) is 1. The maximum absolute atomic E-state index is 13.8. The number of urea groups is 1. The van der Waals surface area contributed by atoms with Gasteiger partial charge in [-0.2, -0.15) is 0 Å². The van der Waals surface area contributed by atoms with Crippen LogP contribution in [0.2, 0.25) is 0 Å². The Morgan fingerprint density at radius 2 is 2.32 bits per heavy atom. The zero-order chi connectivity index (χ0) is 17.8. The first-order valence-electron chi connectivity index (χ1n) is 8.39. The second-order valence-corrected chi connectivity index (χ2v) is 6.04. The zero-order valence-electron chi connectivity index (χ0n) is 14.4. The Labute approximate surface area is 145 Å². The summed E-state index contributed by atoms with van der Waals surface area (Å²) in [5.74, 6) is 0.716. The van der Waals surface area contributed by atoms with Gasteiger partial charge in [0.1, 0.15) is 12.2 Å². The number of rotatable bonds is 4. The number of amides is 2. The first-order valence-corrected chi connectivity index (χ1v) is 8.39. The third-order valence-electron chi connectivity index (χ3n) is 4.46. The predicted molar refractivity (Wildman–Crippen MR) is 91.2 cm³/mol. The molecule has 8 heteroatoms. The smallest absolute Gasteiger partial charge is 0.321 e. The summed E-state index contributed by atoms with van der Waals surface area (Å²) in [7, 11) is 1.40. The van der Waals surface area contributed by atoms with Crippen molar-refractivity contribution in [2.24, 2.45) is 0 Å². The highest BCUT2D eigenvalue weighted by Gasteiger charge is 2.27. The number of anilines is 1. The standard InChI is InChI=1S/C17H22FN5O2/c1-3-22-11-19-21-16(22)12-5-4-8-23(10-12)17(24)20-13-6-7-15(25-2)14(18)9-13/h6-7,9,11-12H,3-5,8,10H2,1-2H3,(H,20,24)/t12-/m0/s1. The summed E-state index contributed by atoms with van der Waals surface area (Å²) in [5.41, 5.74) is 0.405. The van der Waals surface area contributed by atoms with Gasteiger partial charge >= 0.3 is 6.03 Å². The van der Waals surface area contributed by atoms with E-state index >= 15 is 0 Å². The van der Waals surface area contributed by atoms with Gasteiger partial charge in [-0.15, -0.1) is 10.2 Å². The Balaban J connectivity index is 1.67. The molecule has 25 heavy (non-hydrogen) atoms. The summed E-state index contributed by atoms with van der Waals surface area (Å²) in [4.78, 5) is 14.3. The Morgan fingerprint density at radius 1 is 1.48 bits per heavy atom. The van der Waals surface area contributed by atoms with Gasteiger partial charge in [0, 0.05) is 37.3 Å². The monoisotopic (exact) mass is 347 g/mol. The van der Waals surface area contributed by atoms with Crippen LogP contribution in [0.15, 0.2) is 24.5 Å². The van der Waals surface area contributed by atoms with Crippen molar-refractivity contribution < 1.29 is 13.9 Å². The van der Waals surface area contributed by atoms with E-state index in [9.17, 15) is 9.18 Å². The fourth-order valence-electron chi connectivity index (χ4n) is 3.14. The molecule has 1 saturated heterocycles. The number of methoxy groups -OCH3 is 1. The third kappa shape index (κ3) is 3.72. The van der Waals surface area contributed by atoms with Crippen LogP contribution in [0.25, 0.3) is 0 Å². The molecule has 0 aliphatic carbocycles. The van der Waals surface area contributed by atoms with E-state index < -0.39 is 5.82 Å². The highest BCUT2D eigenvalue weighted by atomic mass is 19.1. The number of hydrogen-bond donors (Lipinski definition) is 1. The summed E-state index contributed by atoms with van der Waals surface area (Å²) in [6.45, 7) is 4.08. The first kappa shape index (κ1) is 17.2. The summed E-state index contributed by atoms with van der Waals surface area (Å²) in [6, 6.07) is 4.13. The molecule has 0 unspecified atom stereocenters. The number of aryl methyl sites for hydroxylation is 1. The SMILES string of the molecule is CCn1cnnc1[C@H]1CCCN(C(=O)Nc2ccc(OC)c(F)c2)C1. The molecule has 1 aromatic heterocycles. The van der Waals surface area contributed by atoms with Crippen LogP contribution in [-0.2, 0) is 6.54 Å². The highest BCUT2D eigenvalue weighted by Crippen LogP contribution is 2.26. The van der Waals surface area contributed by atoms with Crippen molar-refractivity contribution in [3.05, 3.63) is 36.2 Å². The van der Waals surface area contributed by atoms with Crippen molar-refractivity contribution >= 4 is 11.7 Å². The lowest BCUT2D eigenvalue weighted by Gasteiger charge is -2.32. The Morgan fingerprint density at radius 3 is 3.04 bits per heavy atom. The van der Waals surface area contributed by atoms with Crippen LogP contribution < -0.4 is 10.1 Å². The number of hydrogen-bond acceptors (Lipinski definition) is 4. The normalized spacial score (nSPS) is 17.4. The van der Waals surface area contributed by atoms with Crippen LogP contribution in [-0.4, -0.2) is 45.9 Å². The van der Waals surface area contributed by atoms with Crippen molar-refractivity contribution in [2.45, 2.75) is 32.2 Å². The molecule has 134 valence electrons. The number of ether oxygens (including phenoxy) is 1. The molecule has 7 nitrogen and oxygen atoms in total. The van der Waals surface area contributed by atoms with Crippen LogP contribution in [0.1, 0.15) is 31.5 Å². The molecule has 3 rings (SSSR count). The molecule has 1 atom stereocenters. The Hall–Kier alpha value is -2.64. The summed E-state index contributed by atoms with van der Waals surface area (Å²) in [6.07, 6.45) is 3.58. The number of nitrogens with one attached hydrogen (secondary N) is 1. The fourth-order valence-corrected chi connectivity index (χ4v) is 3.14. The predicted octanol–water partition coefficient (Wildman–Crippen LogP) is 2.86. The molecule has 2 aromatic rings. The minimum absolute atomic E-state index is 0.148. The maximum Gasteiger partial charge on any atom is 0.321 e. The molecule has 1 aromatic carbocycles. The lowest BCUT2D eigenvalue weighted by Crippen LogP contribution is -2.42. The molecule has 1 aliphatic heterocycles. The quantitative estimate of drug-likeness (QED) is 0.923. The van der Waals surface area contributed by atoms with E-state index in [0.29, 0.717) is 18.8 Å². The average Bonchev–Trinajstić information content (AvgIpc) is 3.11. The molecule has 0 bridgehead atoms. The van der Waals surface area contributed by atoms with Gasteiger partial charge in [-0.1, -0.05) is 0 Å². The molecule has 2 heterocycles. The molecule has 0 saturated carbocycles. The van der Waals surface area contributed by atoms with Crippen molar-refractivity contribution in [2.75, 3.05) is 25.5 Å². The lowest BCUT2D eigenvalue weighted by molar-refractivity contribution is 0.190. The van der Waals surface area contributed by atoms with Gasteiger partial charge in [0.2, 0.25) is 0 Å². The lowest BCUT2D eigenvalue weighted by atomic mass is 9.97. The van der Waals surface area contributed by atoms with Crippen molar-refractivity contribution in [3.8, 4) is 5.75 Å². The summed E-state index contributed by atoms with van der Waals surface area (Å²) < 4.78 is 20.7. The maximum atomic E-state index is 13.8. The molecule has 2 amide bonds. The van der Waals surface area contributed by atoms with Gasteiger partial charge in [-0.05, 0) is 31.9 Å². The van der Waals surface area contributed by atoms with Crippen molar-refractivity contribution in [1.82, 2.24) is 19.7 Å². The van der Waals surface area contributed by atoms with E-state index in [4.69, 9.17) is 4.74 Å². The summed E-state index contributed by atoms with van der Waals surface area (Å²) >= 11 is 0. The topological polar surface area (TPSA) is 72.3 Å². The molecule has 1 N–H and O–H groups in total. The number of piperidine rings is 1. The number of halogens is 1. The van der Waals surface area contributed by atoms with E-state index in [2.05, 4.69) is 15.5 Å². The van der Waals surface area contributed by atoms with E-state index in [0.717, 1.165) is 25.2 Å². The molecule has 0 radical (unpaired) electrons. The van der Waals surface area contributed by atoms with E-state index in [1.165, 1.54) is 19.2 Å². The van der Waals surface area contributed by atoms with Gasteiger partial charge in [0.15, 0.2) is 11.6 Å². The fraction of sp³-hybridized carbons (Fsp3) is 0.471. The second kappa shape index (κ2) is 7.50. The number of carbonyl (C=O) groups excluding carboxylic acids is 1. The molecular formula is C17H22FN5O2. The van der Waals surface area contributed by atoms with Crippen LogP contribution in [0, 0.1) is 5.82 Å². The van der Waals surface area contributed by atoms with Gasteiger partial charge in [-0.25, -0.2) is 9.18 Å². The zero-order valence-corrected chi connectivity index (χ0v) is 14.4. The Bertz CT molecular complexity index is 748. The largest absolute Gasteiger partial charge is 0.494 e. The van der Waals surface area contributed by atoms with Gasteiger partial charge in [0.05, 0.1) is 7.11 Å². The third-order valence-corrected chi connectivity index (χ3v) is 4.46. The van der Waals surface area contributed by atoms with Gasteiger partial charge in [0.25, 0.3) is 0 Å². The molecule has 1 fully saturated rings. The van der Waals surface area contributed by atoms with Crippen molar-refractivity contribution in [1.29, 1.82) is 0 Å². The molecule has 1 aliphatic rings. The number of carbonyl (C=O) groups is 1.